The van der Waals surface area contributed by atoms with Crippen LogP contribution in [-0.2, 0) is 27.4 Å². The van der Waals surface area contributed by atoms with Crippen LogP contribution in [0.25, 0.3) is 0 Å². The number of carbonyl (C=O) groups is 3. The standard InChI is InChI=1S/C35H36Cl2N4O8/c1-6-8-24-13-22(15-29(46-5)33(24)49-18-21-9-11-25(36)26(37)14-21)17-38-41-30(42)19-48-27-12-10-23(16-28(27)45-4)32-31(34(43)47-7-2)20(3)39-35(44)40-32/h6,9-17,32H,1,7-8,18-19H2,2-5H3,(H,41,42)(H2,39,40,44)/b38-17-/t32-/m1/s1. The number of hydrogen-bond acceptors (Lipinski definition) is 9. The van der Waals surface area contributed by atoms with Crippen molar-refractivity contribution in [1.29, 1.82) is 0 Å². The highest BCUT2D eigenvalue weighted by Gasteiger charge is 2.32. The second kappa shape index (κ2) is 17.3. The second-order valence-electron chi connectivity index (χ2n) is 10.5. The van der Waals surface area contributed by atoms with Crippen LogP contribution >= 0.6 is 23.2 Å². The zero-order chi connectivity index (χ0) is 35.5. The van der Waals surface area contributed by atoms with Crippen LogP contribution < -0.4 is 35.0 Å². The van der Waals surface area contributed by atoms with Gasteiger partial charge in [-0.25, -0.2) is 15.0 Å². The van der Waals surface area contributed by atoms with Crippen molar-refractivity contribution in [3.8, 4) is 23.0 Å². The van der Waals surface area contributed by atoms with Gasteiger partial charge < -0.3 is 34.3 Å². The molecule has 0 bridgehead atoms. The minimum atomic E-state index is -0.790. The number of amides is 3. The molecule has 14 heteroatoms. The van der Waals surface area contributed by atoms with Gasteiger partial charge in [-0.15, -0.1) is 6.58 Å². The van der Waals surface area contributed by atoms with Crippen LogP contribution in [-0.4, -0.2) is 51.6 Å². The first-order chi connectivity index (χ1) is 23.6. The molecule has 0 saturated heterocycles. The van der Waals surface area contributed by atoms with Crippen molar-refractivity contribution in [2.75, 3.05) is 27.4 Å². The molecule has 0 spiro atoms. The number of nitrogens with one attached hydrogen (secondary N) is 3. The van der Waals surface area contributed by atoms with Crippen molar-refractivity contribution in [3.05, 3.63) is 105 Å². The summed E-state index contributed by atoms with van der Waals surface area (Å²) < 4.78 is 28.0. The van der Waals surface area contributed by atoms with Gasteiger partial charge >= 0.3 is 12.0 Å². The SMILES string of the molecule is C=CCc1cc(/C=N\NC(=O)COc2ccc([C@H]3NC(=O)NC(C)=C3C(=O)OCC)cc2OC)cc(OC)c1OCc1ccc(Cl)c(Cl)c1. The van der Waals surface area contributed by atoms with Crippen LogP contribution in [0, 0.1) is 0 Å². The first kappa shape index (κ1) is 36.6. The molecule has 12 nitrogen and oxygen atoms in total. The molecule has 0 fully saturated rings. The van der Waals surface area contributed by atoms with Gasteiger partial charge in [0.05, 0.1) is 48.7 Å². The second-order valence-corrected chi connectivity index (χ2v) is 11.3. The van der Waals surface area contributed by atoms with Crippen LogP contribution in [0.3, 0.4) is 0 Å². The number of nitrogens with zero attached hydrogens (tertiary/aromatic N) is 1. The van der Waals surface area contributed by atoms with E-state index in [0.717, 1.165) is 11.1 Å². The smallest absolute Gasteiger partial charge is 0.338 e. The number of esters is 1. The van der Waals surface area contributed by atoms with E-state index in [1.165, 1.54) is 20.4 Å². The average molecular weight is 712 g/mol. The number of ether oxygens (including phenoxy) is 5. The molecule has 0 radical (unpaired) electrons. The Morgan fingerprint density at radius 1 is 1.00 bits per heavy atom. The lowest BCUT2D eigenvalue weighted by Crippen LogP contribution is -2.45. The summed E-state index contributed by atoms with van der Waals surface area (Å²) in [6, 6.07) is 12.4. The van der Waals surface area contributed by atoms with Crippen molar-refractivity contribution >= 4 is 47.3 Å². The van der Waals surface area contributed by atoms with Gasteiger partial charge in [0, 0.05) is 11.3 Å². The molecule has 3 aromatic carbocycles. The van der Waals surface area contributed by atoms with E-state index >= 15 is 0 Å². The number of urea groups is 1. The van der Waals surface area contributed by atoms with E-state index in [-0.39, 0.29) is 36.9 Å². The molecule has 4 rings (SSSR count). The van der Waals surface area contributed by atoms with Gasteiger partial charge in [0.15, 0.2) is 29.6 Å². The highest BCUT2D eigenvalue weighted by molar-refractivity contribution is 6.42. The van der Waals surface area contributed by atoms with E-state index in [9.17, 15) is 14.4 Å². The van der Waals surface area contributed by atoms with E-state index in [0.29, 0.717) is 44.8 Å². The van der Waals surface area contributed by atoms with Crippen molar-refractivity contribution < 1.29 is 38.1 Å². The number of hydrazone groups is 1. The summed E-state index contributed by atoms with van der Waals surface area (Å²) in [5.74, 6) is 0.457. The Hall–Kier alpha value is -5.20. The summed E-state index contributed by atoms with van der Waals surface area (Å²) in [5, 5.41) is 10.3. The monoisotopic (exact) mass is 710 g/mol. The van der Waals surface area contributed by atoms with E-state index < -0.39 is 23.9 Å². The average Bonchev–Trinajstić information content (AvgIpc) is 3.07. The number of halogens is 2. The fourth-order valence-electron chi connectivity index (χ4n) is 4.93. The molecular weight excluding hydrogens is 675 g/mol. The summed E-state index contributed by atoms with van der Waals surface area (Å²) in [5.41, 5.74) is 5.89. The quantitative estimate of drug-likeness (QED) is 0.0750. The number of benzene rings is 3. The Morgan fingerprint density at radius 3 is 2.47 bits per heavy atom. The highest BCUT2D eigenvalue weighted by atomic mass is 35.5. The van der Waals surface area contributed by atoms with Gasteiger partial charge in [-0.05, 0) is 73.4 Å². The maximum Gasteiger partial charge on any atom is 0.338 e. The predicted octanol–water partition coefficient (Wildman–Crippen LogP) is 6.04. The van der Waals surface area contributed by atoms with Gasteiger partial charge in [0.2, 0.25) is 0 Å². The molecule has 49 heavy (non-hydrogen) atoms. The summed E-state index contributed by atoms with van der Waals surface area (Å²) >= 11 is 12.2. The molecular formula is C35H36Cl2N4O8. The summed E-state index contributed by atoms with van der Waals surface area (Å²) in [7, 11) is 2.96. The molecule has 1 heterocycles. The first-order valence-electron chi connectivity index (χ1n) is 15.0. The van der Waals surface area contributed by atoms with Crippen LogP contribution in [0.1, 0.15) is 42.1 Å². The van der Waals surface area contributed by atoms with Gasteiger partial charge in [-0.3, -0.25) is 4.79 Å². The lowest BCUT2D eigenvalue weighted by atomic mass is 9.95. The van der Waals surface area contributed by atoms with E-state index in [2.05, 4.69) is 27.7 Å². The number of methoxy groups -OCH3 is 2. The molecule has 0 saturated carbocycles. The zero-order valence-corrected chi connectivity index (χ0v) is 28.9. The van der Waals surface area contributed by atoms with Crippen molar-refractivity contribution in [2.24, 2.45) is 5.10 Å². The molecule has 258 valence electrons. The Balaban J connectivity index is 1.41. The predicted molar refractivity (Wildman–Crippen MR) is 186 cm³/mol. The summed E-state index contributed by atoms with van der Waals surface area (Å²) in [4.78, 5) is 37.5. The fourth-order valence-corrected chi connectivity index (χ4v) is 5.25. The van der Waals surface area contributed by atoms with Crippen molar-refractivity contribution in [1.82, 2.24) is 16.1 Å². The molecule has 3 N–H and O–H groups in total. The maximum atomic E-state index is 12.7. The normalized spacial score (nSPS) is 14.1. The lowest BCUT2D eigenvalue weighted by Gasteiger charge is -2.28. The summed E-state index contributed by atoms with van der Waals surface area (Å²) in [6.45, 7) is 7.18. The number of carbonyl (C=O) groups excluding carboxylic acids is 3. The molecule has 0 aromatic heterocycles. The van der Waals surface area contributed by atoms with Crippen LogP contribution in [0.2, 0.25) is 10.0 Å². The number of allylic oxidation sites excluding steroid dienone is 2. The third kappa shape index (κ3) is 9.46. The van der Waals surface area contributed by atoms with Crippen LogP contribution in [0.4, 0.5) is 4.79 Å². The minimum Gasteiger partial charge on any atom is -0.493 e. The molecule has 3 aromatic rings. The fraction of sp³-hybridized carbons (Fsp3) is 0.257. The zero-order valence-electron chi connectivity index (χ0n) is 27.4. The van der Waals surface area contributed by atoms with Gasteiger partial charge in [-0.1, -0.05) is 41.4 Å². The minimum absolute atomic E-state index is 0.173. The lowest BCUT2D eigenvalue weighted by molar-refractivity contribution is -0.139. The molecule has 1 aliphatic rings. The van der Waals surface area contributed by atoms with Crippen molar-refractivity contribution in [3.63, 3.8) is 0 Å². The number of hydrogen-bond donors (Lipinski definition) is 3. The maximum absolute atomic E-state index is 12.7. The Bertz CT molecular complexity index is 1790. The largest absolute Gasteiger partial charge is 0.493 e. The topological polar surface area (TPSA) is 146 Å². The third-order valence-corrected chi connectivity index (χ3v) is 7.89. The van der Waals surface area contributed by atoms with Crippen LogP contribution in [0.5, 0.6) is 23.0 Å². The first-order valence-corrected chi connectivity index (χ1v) is 15.8. The third-order valence-electron chi connectivity index (χ3n) is 7.15. The van der Waals surface area contributed by atoms with E-state index in [1.54, 1.807) is 56.3 Å². The Kier molecular flexibility index (Phi) is 12.9. The van der Waals surface area contributed by atoms with E-state index in [4.69, 9.17) is 46.9 Å². The van der Waals surface area contributed by atoms with Gasteiger partial charge in [0.25, 0.3) is 5.91 Å². The summed E-state index contributed by atoms with van der Waals surface area (Å²) in [6.07, 6.45) is 3.69. The van der Waals surface area contributed by atoms with Crippen LogP contribution in [0.15, 0.2) is 77.6 Å². The molecule has 0 aliphatic carbocycles. The van der Waals surface area contributed by atoms with Crippen molar-refractivity contribution in [2.45, 2.75) is 32.9 Å². The molecule has 1 aliphatic heterocycles. The Morgan fingerprint density at radius 2 is 1.78 bits per heavy atom. The van der Waals surface area contributed by atoms with Gasteiger partial charge in [-0.2, -0.15) is 5.10 Å². The molecule has 0 unspecified atom stereocenters. The highest BCUT2D eigenvalue weighted by Crippen LogP contribution is 2.36. The van der Waals surface area contributed by atoms with E-state index in [1.807, 2.05) is 12.1 Å². The molecule has 3 amide bonds. The van der Waals surface area contributed by atoms with Gasteiger partial charge in [0.1, 0.15) is 6.61 Å². The number of rotatable bonds is 15. The Labute approximate surface area is 294 Å². The molecule has 1 atom stereocenters.